The smallest absolute Gasteiger partial charge is 0.165 e. The second-order valence-electron chi connectivity index (χ2n) is 6.26. The van der Waals surface area contributed by atoms with Gasteiger partial charge in [0.2, 0.25) is 0 Å². The SMILES string of the molecule is CC(C)(C)c1ccc(F)c(OCC2CCOCC2)c1. The van der Waals surface area contributed by atoms with Gasteiger partial charge in [-0.1, -0.05) is 26.8 Å². The van der Waals surface area contributed by atoms with Crippen LogP contribution in [0.2, 0.25) is 0 Å². The zero-order valence-corrected chi connectivity index (χ0v) is 12.0. The van der Waals surface area contributed by atoms with Crippen molar-refractivity contribution in [3.63, 3.8) is 0 Å². The Morgan fingerprint density at radius 3 is 2.58 bits per heavy atom. The first-order chi connectivity index (χ1) is 8.97. The molecule has 106 valence electrons. The Labute approximate surface area is 114 Å². The summed E-state index contributed by atoms with van der Waals surface area (Å²) in [7, 11) is 0. The van der Waals surface area contributed by atoms with Crippen molar-refractivity contribution in [2.24, 2.45) is 5.92 Å². The first-order valence-corrected chi connectivity index (χ1v) is 6.97. The summed E-state index contributed by atoms with van der Waals surface area (Å²) >= 11 is 0. The van der Waals surface area contributed by atoms with Gasteiger partial charge in [0, 0.05) is 13.2 Å². The summed E-state index contributed by atoms with van der Waals surface area (Å²) in [5.41, 5.74) is 1.10. The summed E-state index contributed by atoms with van der Waals surface area (Å²) in [6.07, 6.45) is 2.00. The van der Waals surface area contributed by atoms with E-state index in [4.69, 9.17) is 9.47 Å². The number of ether oxygens (including phenoxy) is 2. The van der Waals surface area contributed by atoms with E-state index in [1.807, 2.05) is 12.1 Å². The highest BCUT2D eigenvalue weighted by Crippen LogP contribution is 2.28. The van der Waals surface area contributed by atoms with Crippen LogP contribution in [-0.4, -0.2) is 19.8 Å². The van der Waals surface area contributed by atoms with Crippen molar-refractivity contribution in [3.8, 4) is 5.75 Å². The lowest BCUT2D eigenvalue weighted by molar-refractivity contribution is 0.0491. The molecule has 0 amide bonds. The maximum Gasteiger partial charge on any atom is 0.165 e. The van der Waals surface area contributed by atoms with E-state index in [1.165, 1.54) is 6.07 Å². The van der Waals surface area contributed by atoms with E-state index in [-0.39, 0.29) is 11.2 Å². The molecule has 0 N–H and O–H groups in total. The van der Waals surface area contributed by atoms with Crippen LogP contribution in [0.5, 0.6) is 5.75 Å². The van der Waals surface area contributed by atoms with Crippen LogP contribution in [0.25, 0.3) is 0 Å². The third-order valence-electron chi connectivity index (χ3n) is 3.61. The van der Waals surface area contributed by atoms with Gasteiger partial charge in [0.05, 0.1) is 6.61 Å². The average molecular weight is 266 g/mol. The maximum absolute atomic E-state index is 13.8. The molecular weight excluding hydrogens is 243 g/mol. The molecule has 2 rings (SSSR count). The van der Waals surface area contributed by atoms with E-state index in [2.05, 4.69) is 20.8 Å². The first-order valence-electron chi connectivity index (χ1n) is 6.97. The third kappa shape index (κ3) is 3.93. The highest BCUT2D eigenvalue weighted by Gasteiger charge is 2.18. The number of benzene rings is 1. The van der Waals surface area contributed by atoms with Crippen molar-refractivity contribution in [2.45, 2.75) is 39.0 Å². The first kappa shape index (κ1) is 14.3. The molecule has 1 aliphatic heterocycles. The van der Waals surface area contributed by atoms with E-state index in [0.717, 1.165) is 31.6 Å². The van der Waals surface area contributed by atoms with Crippen LogP contribution in [0.3, 0.4) is 0 Å². The fourth-order valence-electron chi connectivity index (χ4n) is 2.20. The van der Waals surface area contributed by atoms with Gasteiger partial charge in [-0.25, -0.2) is 4.39 Å². The standard InChI is InChI=1S/C16H23FO2/c1-16(2,3)13-4-5-14(17)15(10-13)19-11-12-6-8-18-9-7-12/h4-5,10,12H,6-9,11H2,1-3H3. The lowest BCUT2D eigenvalue weighted by Crippen LogP contribution is -2.22. The second-order valence-corrected chi connectivity index (χ2v) is 6.26. The minimum absolute atomic E-state index is 0.00445. The third-order valence-corrected chi connectivity index (χ3v) is 3.61. The van der Waals surface area contributed by atoms with Crippen molar-refractivity contribution in [3.05, 3.63) is 29.6 Å². The van der Waals surface area contributed by atoms with Gasteiger partial charge in [-0.05, 0) is 41.9 Å². The van der Waals surface area contributed by atoms with Gasteiger partial charge in [0.15, 0.2) is 11.6 Å². The van der Waals surface area contributed by atoms with Crippen LogP contribution < -0.4 is 4.74 Å². The molecule has 1 aliphatic rings. The van der Waals surface area contributed by atoms with Gasteiger partial charge in [-0.15, -0.1) is 0 Å². The van der Waals surface area contributed by atoms with Crippen molar-refractivity contribution < 1.29 is 13.9 Å². The molecule has 1 aromatic carbocycles. The quantitative estimate of drug-likeness (QED) is 0.825. The molecule has 0 saturated carbocycles. The van der Waals surface area contributed by atoms with E-state index in [9.17, 15) is 4.39 Å². The summed E-state index contributed by atoms with van der Waals surface area (Å²) in [4.78, 5) is 0. The van der Waals surface area contributed by atoms with Crippen molar-refractivity contribution in [1.82, 2.24) is 0 Å². The summed E-state index contributed by atoms with van der Waals surface area (Å²) in [5.74, 6) is 0.574. The van der Waals surface area contributed by atoms with Gasteiger partial charge in [0.1, 0.15) is 0 Å². The average Bonchev–Trinajstić information content (AvgIpc) is 2.37. The minimum atomic E-state index is -0.278. The summed E-state index contributed by atoms with van der Waals surface area (Å²) in [6.45, 7) is 8.50. The Morgan fingerprint density at radius 2 is 1.95 bits per heavy atom. The zero-order chi connectivity index (χ0) is 13.9. The van der Waals surface area contributed by atoms with Crippen LogP contribution in [0.15, 0.2) is 18.2 Å². The normalized spacial score (nSPS) is 17.5. The molecule has 1 heterocycles. The molecule has 0 radical (unpaired) electrons. The number of rotatable bonds is 3. The van der Waals surface area contributed by atoms with Gasteiger partial charge in [-0.2, -0.15) is 0 Å². The molecule has 1 fully saturated rings. The zero-order valence-electron chi connectivity index (χ0n) is 12.0. The van der Waals surface area contributed by atoms with E-state index >= 15 is 0 Å². The molecule has 0 aliphatic carbocycles. The summed E-state index contributed by atoms with van der Waals surface area (Å²) in [6, 6.07) is 5.16. The molecule has 1 aromatic rings. The van der Waals surface area contributed by atoms with Crippen molar-refractivity contribution >= 4 is 0 Å². The van der Waals surface area contributed by atoms with Crippen LogP contribution in [0.4, 0.5) is 4.39 Å². The fraction of sp³-hybridized carbons (Fsp3) is 0.625. The molecule has 0 bridgehead atoms. The van der Waals surface area contributed by atoms with Gasteiger partial charge >= 0.3 is 0 Å². The van der Waals surface area contributed by atoms with E-state index in [0.29, 0.717) is 18.3 Å². The molecule has 0 atom stereocenters. The highest BCUT2D eigenvalue weighted by molar-refractivity contribution is 5.34. The highest BCUT2D eigenvalue weighted by atomic mass is 19.1. The largest absolute Gasteiger partial charge is 0.490 e. The Morgan fingerprint density at radius 1 is 1.26 bits per heavy atom. The molecule has 2 nitrogen and oxygen atoms in total. The Bertz CT molecular complexity index is 417. The van der Waals surface area contributed by atoms with Crippen LogP contribution >= 0.6 is 0 Å². The molecule has 19 heavy (non-hydrogen) atoms. The molecule has 0 aromatic heterocycles. The number of hydrogen-bond acceptors (Lipinski definition) is 2. The van der Waals surface area contributed by atoms with Gasteiger partial charge in [0.25, 0.3) is 0 Å². The van der Waals surface area contributed by atoms with E-state index in [1.54, 1.807) is 0 Å². The maximum atomic E-state index is 13.8. The van der Waals surface area contributed by atoms with Gasteiger partial charge < -0.3 is 9.47 Å². The lowest BCUT2D eigenvalue weighted by atomic mass is 9.87. The molecule has 3 heteroatoms. The van der Waals surface area contributed by atoms with Crippen LogP contribution in [-0.2, 0) is 10.2 Å². The predicted molar refractivity (Wildman–Crippen MR) is 74.1 cm³/mol. The Balaban J connectivity index is 2.02. The Hall–Kier alpha value is -1.09. The van der Waals surface area contributed by atoms with Crippen molar-refractivity contribution in [2.75, 3.05) is 19.8 Å². The molecular formula is C16H23FO2. The Kier molecular flexibility index (Phi) is 4.46. The topological polar surface area (TPSA) is 18.5 Å². The number of halogens is 1. The molecule has 1 saturated heterocycles. The number of hydrogen-bond donors (Lipinski definition) is 0. The lowest BCUT2D eigenvalue weighted by Gasteiger charge is -2.23. The second kappa shape index (κ2) is 5.91. The van der Waals surface area contributed by atoms with Crippen LogP contribution in [0, 0.1) is 11.7 Å². The summed E-state index contributed by atoms with van der Waals surface area (Å²) in [5, 5.41) is 0. The molecule has 0 spiro atoms. The van der Waals surface area contributed by atoms with Crippen LogP contribution in [0.1, 0.15) is 39.2 Å². The fourth-order valence-corrected chi connectivity index (χ4v) is 2.20. The van der Waals surface area contributed by atoms with Gasteiger partial charge in [-0.3, -0.25) is 0 Å². The van der Waals surface area contributed by atoms with E-state index < -0.39 is 0 Å². The predicted octanol–water partition coefficient (Wildman–Crippen LogP) is 3.93. The minimum Gasteiger partial charge on any atom is -0.490 e. The summed E-state index contributed by atoms with van der Waals surface area (Å²) < 4.78 is 24.8. The van der Waals surface area contributed by atoms with Crippen molar-refractivity contribution in [1.29, 1.82) is 0 Å². The monoisotopic (exact) mass is 266 g/mol. The molecule has 0 unspecified atom stereocenters.